The summed E-state index contributed by atoms with van der Waals surface area (Å²) in [5.74, 6) is -0.422. The lowest BCUT2D eigenvalue weighted by Gasteiger charge is -2.34. The van der Waals surface area contributed by atoms with E-state index in [-0.39, 0.29) is 11.9 Å². The third kappa shape index (κ3) is 2.73. The smallest absolute Gasteiger partial charge is 0.328 e. The van der Waals surface area contributed by atoms with Crippen molar-refractivity contribution in [2.75, 3.05) is 12.0 Å². The first-order chi connectivity index (χ1) is 9.04. The number of anilines is 1. The Balaban J connectivity index is 2.41. The lowest BCUT2D eigenvalue weighted by atomic mass is 9.99. The van der Waals surface area contributed by atoms with Gasteiger partial charge in [0.05, 0.1) is 7.11 Å². The Kier molecular flexibility index (Phi) is 4.10. The van der Waals surface area contributed by atoms with E-state index in [1.54, 1.807) is 23.1 Å². The van der Waals surface area contributed by atoms with Crippen LogP contribution in [0.5, 0.6) is 0 Å². The number of hydrogen-bond donors (Lipinski definition) is 0. The molecule has 0 aliphatic carbocycles. The second kappa shape index (κ2) is 5.61. The molecule has 1 aromatic rings. The minimum atomic E-state index is -0.536. The fraction of sp³-hybridized carbons (Fsp3) is 0.429. The van der Waals surface area contributed by atoms with Crippen molar-refractivity contribution < 1.29 is 14.3 Å². The van der Waals surface area contributed by atoms with E-state index in [2.05, 4.69) is 0 Å². The Morgan fingerprint density at radius 1 is 1.47 bits per heavy atom. The van der Waals surface area contributed by atoms with Gasteiger partial charge in [0.2, 0.25) is 5.91 Å². The van der Waals surface area contributed by atoms with Gasteiger partial charge in [0.25, 0.3) is 0 Å². The summed E-state index contributed by atoms with van der Waals surface area (Å²) in [6, 6.07) is 4.75. The lowest BCUT2D eigenvalue weighted by Crippen LogP contribution is -2.49. The van der Waals surface area contributed by atoms with Crippen LogP contribution in [0, 0.1) is 6.92 Å². The Hall–Kier alpha value is -1.55. The highest BCUT2D eigenvalue weighted by Gasteiger charge is 2.35. The number of halogens is 1. The molecule has 0 N–H and O–H groups in total. The molecule has 0 aromatic heterocycles. The predicted octanol–water partition coefficient (Wildman–Crippen LogP) is 2.71. The van der Waals surface area contributed by atoms with Gasteiger partial charge in [-0.15, -0.1) is 0 Å². The van der Waals surface area contributed by atoms with Gasteiger partial charge in [-0.1, -0.05) is 11.6 Å². The average Bonchev–Trinajstić information content (AvgIpc) is 2.38. The fourth-order valence-corrected chi connectivity index (χ4v) is 2.65. The van der Waals surface area contributed by atoms with Crippen LogP contribution >= 0.6 is 11.6 Å². The Morgan fingerprint density at radius 3 is 2.84 bits per heavy atom. The van der Waals surface area contributed by atoms with Gasteiger partial charge in [0, 0.05) is 17.1 Å². The number of amides is 1. The Bertz CT molecular complexity index is 515. The largest absolute Gasteiger partial charge is 0.467 e. The molecule has 1 aromatic carbocycles. The zero-order valence-electron chi connectivity index (χ0n) is 11.0. The van der Waals surface area contributed by atoms with E-state index >= 15 is 0 Å². The molecule has 1 aliphatic heterocycles. The highest BCUT2D eigenvalue weighted by atomic mass is 35.5. The van der Waals surface area contributed by atoms with Gasteiger partial charge in [-0.25, -0.2) is 4.79 Å². The fourth-order valence-electron chi connectivity index (χ4n) is 2.42. The lowest BCUT2D eigenvalue weighted by molar-refractivity contribution is -0.144. The standard InChI is InChI=1S/C14H16ClNO3/c1-9-8-10(15)6-7-11(9)16-12(14(18)19-2)4-3-5-13(16)17/h6-8,12H,3-5H2,1-2H3. The number of esters is 1. The molecule has 1 amide bonds. The van der Waals surface area contributed by atoms with Crippen LogP contribution in [0.15, 0.2) is 18.2 Å². The van der Waals surface area contributed by atoms with Crippen molar-refractivity contribution in [3.8, 4) is 0 Å². The molecule has 19 heavy (non-hydrogen) atoms. The maximum Gasteiger partial charge on any atom is 0.328 e. The molecule has 0 saturated carbocycles. The number of rotatable bonds is 2. The third-order valence-corrected chi connectivity index (χ3v) is 3.58. The Labute approximate surface area is 117 Å². The maximum absolute atomic E-state index is 12.1. The topological polar surface area (TPSA) is 46.6 Å². The number of ether oxygens (including phenoxy) is 1. The Morgan fingerprint density at radius 2 is 2.21 bits per heavy atom. The zero-order valence-corrected chi connectivity index (χ0v) is 11.7. The summed E-state index contributed by atoms with van der Waals surface area (Å²) >= 11 is 5.92. The van der Waals surface area contributed by atoms with Crippen molar-refractivity contribution in [2.24, 2.45) is 0 Å². The summed E-state index contributed by atoms with van der Waals surface area (Å²) in [7, 11) is 1.34. The third-order valence-electron chi connectivity index (χ3n) is 3.34. The van der Waals surface area contributed by atoms with Crippen LogP contribution in [-0.2, 0) is 14.3 Å². The minimum Gasteiger partial charge on any atom is -0.467 e. The summed E-state index contributed by atoms with van der Waals surface area (Å²) in [5, 5.41) is 0.611. The first-order valence-corrected chi connectivity index (χ1v) is 6.58. The van der Waals surface area contributed by atoms with Crippen molar-refractivity contribution in [3.63, 3.8) is 0 Å². The van der Waals surface area contributed by atoms with E-state index in [0.717, 1.165) is 11.3 Å². The molecule has 102 valence electrons. The molecule has 1 saturated heterocycles. The number of methoxy groups -OCH3 is 1. The van der Waals surface area contributed by atoms with Crippen molar-refractivity contribution in [2.45, 2.75) is 32.2 Å². The first-order valence-electron chi connectivity index (χ1n) is 6.20. The van der Waals surface area contributed by atoms with Crippen molar-refractivity contribution in [1.29, 1.82) is 0 Å². The molecule has 1 atom stereocenters. The SMILES string of the molecule is COC(=O)C1CCCC(=O)N1c1ccc(Cl)cc1C. The molecule has 0 bridgehead atoms. The van der Waals surface area contributed by atoms with Gasteiger partial charge in [0.15, 0.2) is 0 Å². The average molecular weight is 282 g/mol. The van der Waals surface area contributed by atoms with E-state index in [0.29, 0.717) is 24.3 Å². The van der Waals surface area contributed by atoms with E-state index in [1.165, 1.54) is 7.11 Å². The molecule has 1 heterocycles. The molecule has 4 nitrogen and oxygen atoms in total. The summed E-state index contributed by atoms with van der Waals surface area (Å²) in [6.07, 6.45) is 1.79. The van der Waals surface area contributed by atoms with Gasteiger partial charge in [-0.2, -0.15) is 0 Å². The highest BCUT2D eigenvalue weighted by molar-refractivity contribution is 6.30. The van der Waals surface area contributed by atoms with Crippen LogP contribution in [0.2, 0.25) is 5.02 Å². The molecular formula is C14H16ClNO3. The summed E-state index contributed by atoms with van der Waals surface area (Å²) in [6.45, 7) is 1.87. The van der Waals surface area contributed by atoms with Crippen molar-refractivity contribution in [1.82, 2.24) is 0 Å². The molecule has 0 spiro atoms. The molecule has 1 unspecified atom stereocenters. The second-order valence-corrected chi connectivity index (χ2v) is 5.06. The number of carbonyl (C=O) groups is 2. The molecule has 5 heteroatoms. The van der Waals surface area contributed by atoms with Gasteiger partial charge in [-0.05, 0) is 43.5 Å². The van der Waals surface area contributed by atoms with Crippen molar-refractivity contribution >= 4 is 29.2 Å². The summed E-state index contributed by atoms with van der Waals surface area (Å²) < 4.78 is 4.79. The number of carbonyl (C=O) groups excluding carboxylic acids is 2. The van der Waals surface area contributed by atoms with Crippen molar-refractivity contribution in [3.05, 3.63) is 28.8 Å². The predicted molar refractivity (Wildman–Crippen MR) is 73.3 cm³/mol. The van der Waals surface area contributed by atoms with Crippen LogP contribution < -0.4 is 4.90 Å². The van der Waals surface area contributed by atoms with Crippen LogP contribution in [0.3, 0.4) is 0 Å². The second-order valence-electron chi connectivity index (χ2n) is 4.63. The van der Waals surface area contributed by atoms with Gasteiger partial charge in [-0.3, -0.25) is 9.69 Å². The monoisotopic (exact) mass is 281 g/mol. The summed E-state index contributed by atoms with van der Waals surface area (Å²) in [5.41, 5.74) is 1.60. The highest BCUT2D eigenvalue weighted by Crippen LogP contribution is 2.30. The number of nitrogens with zero attached hydrogens (tertiary/aromatic N) is 1. The van der Waals surface area contributed by atoms with E-state index in [4.69, 9.17) is 16.3 Å². The number of benzene rings is 1. The first kappa shape index (κ1) is 13.9. The number of aryl methyl sites for hydroxylation is 1. The van der Waals surface area contributed by atoms with Crippen LogP contribution in [-0.4, -0.2) is 25.0 Å². The summed E-state index contributed by atoms with van der Waals surface area (Å²) in [4.78, 5) is 25.5. The van der Waals surface area contributed by atoms with Gasteiger partial charge >= 0.3 is 5.97 Å². The maximum atomic E-state index is 12.1. The van der Waals surface area contributed by atoms with Crippen LogP contribution in [0.25, 0.3) is 0 Å². The van der Waals surface area contributed by atoms with Crippen LogP contribution in [0.4, 0.5) is 5.69 Å². The number of hydrogen-bond acceptors (Lipinski definition) is 3. The zero-order chi connectivity index (χ0) is 14.0. The van der Waals surface area contributed by atoms with Gasteiger partial charge in [0.1, 0.15) is 6.04 Å². The molecule has 2 rings (SSSR count). The molecule has 1 fully saturated rings. The normalized spacial score (nSPS) is 19.4. The van der Waals surface area contributed by atoms with E-state index < -0.39 is 6.04 Å². The van der Waals surface area contributed by atoms with Crippen LogP contribution in [0.1, 0.15) is 24.8 Å². The quantitative estimate of drug-likeness (QED) is 0.783. The molecule has 0 radical (unpaired) electrons. The van der Waals surface area contributed by atoms with E-state index in [1.807, 2.05) is 6.92 Å². The molecule has 1 aliphatic rings. The minimum absolute atomic E-state index is 0.0490. The molecular weight excluding hydrogens is 266 g/mol. The van der Waals surface area contributed by atoms with E-state index in [9.17, 15) is 9.59 Å². The number of piperidine rings is 1. The van der Waals surface area contributed by atoms with Gasteiger partial charge < -0.3 is 4.74 Å².